The molecule has 0 saturated heterocycles. The molecule has 0 radical (unpaired) electrons. The topological polar surface area (TPSA) is 72.8 Å². The maximum absolute atomic E-state index is 11.6. The van der Waals surface area contributed by atoms with Gasteiger partial charge in [-0.15, -0.1) is 0 Å². The Morgan fingerprint density at radius 3 is 2.68 bits per heavy atom. The molecule has 1 heterocycles. The van der Waals surface area contributed by atoms with Crippen LogP contribution in [0.3, 0.4) is 0 Å². The number of cyclic esters (lactones) is 1. The predicted octanol–water partition coefficient (Wildman–Crippen LogP) is 1.20. The minimum atomic E-state index is -1.03. The molecule has 0 aliphatic carbocycles. The lowest BCUT2D eigenvalue weighted by molar-refractivity contribution is -0.132. The summed E-state index contributed by atoms with van der Waals surface area (Å²) >= 11 is 0. The third-order valence-electron chi connectivity index (χ3n) is 2.35. The standard InChI is InChI=1S/C14H12O5/c15-11(8-12-6-7-13(16)19-12)9-18-14(17)10-4-2-1-3-5-10/h1-8,11,15H,9H2/b12-8+. The molecule has 1 aliphatic rings. The molecule has 0 fully saturated rings. The van der Waals surface area contributed by atoms with Crippen molar-refractivity contribution in [2.45, 2.75) is 6.10 Å². The van der Waals surface area contributed by atoms with E-state index in [4.69, 9.17) is 9.47 Å². The summed E-state index contributed by atoms with van der Waals surface area (Å²) in [6.07, 6.45) is 2.96. The fourth-order valence-corrected chi connectivity index (χ4v) is 1.48. The molecule has 5 nitrogen and oxygen atoms in total. The van der Waals surface area contributed by atoms with Crippen LogP contribution in [0.2, 0.25) is 0 Å². The monoisotopic (exact) mass is 260 g/mol. The number of rotatable bonds is 4. The summed E-state index contributed by atoms with van der Waals surface area (Å²) < 4.78 is 9.66. The average Bonchev–Trinajstić information content (AvgIpc) is 2.82. The first-order valence-electron chi connectivity index (χ1n) is 5.67. The molecule has 1 aliphatic heterocycles. The molecule has 0 aromatic heterocycles. The first-order valence-corrected chi connectivity index (χ1v) is 5.67. The number of hydrogen-bond acceptors (Lipinski definition) is 5. The summed E-state index contributed by atoms with van der Waals surface area (Å²) in [6, 6.07) is 8.47. The zero-order valence-electron chi connectivity index (χ0n) is 9.98. The van der Waals surface area contributed by atoms with Crippen molar-refractivity contribution in [3.05, 3.63) is 59.9 Å². The van der Waals surface area contributed by atoms with Crippen molar-refractivity contribution >= 4 is 11.9 Å². The lowest BCUT2D eigenvalue weighted by atomic mass is 10.2. The number of carbonyl (C=O) groups is 2. The molecule has 1 N–H and O–H groups in total. The number of ether oxygens (including phenoxy) is 2. The van der Waals surface area contributed by atoms with E-state index < -0.39 is 18.0 Å². The van der Waals surface area contributed by atoms with Gasteiger partial charge in [0.2, 0.25) is 0 Å². The maximum atomic E-state index is 11.6. The molecule has 0 amide bonds. The van der Waals surface area contributed by atoms with Gasteiger partial charge in [-0.25, -0.2) is 9.59 Å². The summed E-state index contributed by atoms with van der Waals surface area (Å²) in [5, 5.41) is 9.61. The maximum Gasteiger partial charge on any atom is 0.338 e. The van der Waals surface area contributed by atoms with E-state index in [0.29, 0.717) is 5.56 Å². The van der Waals surface area contributed by atoms with Gasteiger partial charge in [0, 0.05) is 6.08 Å². The summed E-state index contributed by atoms with van der Waals surface area (Å²) in [4.78, 5) is 22.4. The van der Waals surface area contributed by atoms with Crippen molar-refractivity contribution < 1.29 is 24.2 Å². The third-order valence-corrected chi connectivity index (χ3v) is 2.35. The van der Waals surface area contributed by atoms with Crippen LogP contribution < -0.4 is 0 Å². The number of aliphatic hydroxyl groups excluding tert-OH is 1. The van der Waals surface area contributed by atoms with Crippen LogP contribution >= 0.6 is 0 Å². The van der Waals surface area contributed by atoms with Crippen LogP contribution in [-0.4, -0.2) is 29.8 Å². The zero-order chi connectivity index (χ0) is 13.7. The van der Waals surface area contributed by atoms with E-state index in [1.807, 2.05) is 0 Å². The van der Waals surface area contributed by atoms with Gasteiger partial charge < -0.3 is 14.6 Å². The Bertz CT molecular complexity index is 530. The molecule has 0 saturated carbocycles. The largest absolute Gasteiger partial charge is 0.459 e. The minimum absolute atomic E-state index is 0.206. The molecule has 1 aromatic carbocycles. The molecular formula is C14H12O5. The Labute approximate surface area is 109 Å². The Balaban J connectivity index is 1.84. The Morgan fingerprint density at radius 2 is 2.05 bits per heavy atom. The van der Waals surface area contributed by atoms with E-state index in [0.717, 1.165) is 0 Å². The highest BCUT2D eigenvalue weighted by Crippen LogP contribution is 2.10. The molecule has 19 heavy (non-hydrogen) atoms. The van der Waals surface area contributed by atoms with Crippen LogP contribution in [0.4, 0.5) is 0 Å². The van der Waals surface area contributed by atoms with Crippen LogP contribution in [0.1, 0.15) is 10.4 Å². The van der Waals surface area contributed by atoms with E-state index in [1.165, 1.54) is 18.2 Å². The van der Waals surface area contributed by atoms with Gasteiger partial charge in [-0.05, 0) is 24.3 Å². The normalized spacial score (nSPS) is 17.3. The molecule has 1 unspecified atom stereocenters. The van der Waals surface area contributed by atoms with Crippen LogP contribution in [0.5, 0.6) is 0 Å². The zero-order valence-corrected chi connectivity index (χ0v) is 9.98. The first-order chi connectivity index (χ1) is 9.15. The smallest absolute Gasteiger partial charge is 0.338 e. The SMILES string of the molecule is O=C1C=C/C(=C\C(O)COC(=O)c2ccccc2)O1. The van der Waals surface area contributed by atoms with Gasteiger partial charge in [-0.2, -0.15) is 0 Å². The fraction of sp³-hybridized carbons (Fsp3) is 0.143. The second kappa shape index (κ2) is 5.97. The molecule has 2 rings (SSSR count). The minimum Gasteiger partial charge on any atom is -0.459 e. The van der Waals surface area contributed by atoms with E-state index in [2.05, 4.69) is 0 Å². The fourth-order valence-electron chi connectivity index (χ4n) is 1.48. The quantitative estimate of drug-likeness (QED) is 0.823. The van der Waals surface area contributed by atoms with E-state index in [1.54, 1.807) is 30.3 Å². The molecule has 5 heteroatoms. The first kappa shape index (κ1) is 13.0. The van der Waals surface area contributed by atoms with Crippen LogP contribution in [0.15, 0.2) is 54.3 Å². The second-order valence-electron chi connectivity index (χ2n) is 3.86. The van der Waals surface area contributed by atoms with Gasteiger partial charge in [-0.1, -0.05) is 18.2 Å². The lowest BCUT2D eigenvalue weighted by Crippen LogP contribution is -2.17. The number of esters is 2. The summed E-state index contributed by atoms with van der Waals surface area (Å²) in [5.41, 5.74) is 0.412. The van der Waals surface area contributed by atoms with Crippen molar-refractivity contribution in [1.29, 1.82) is 0 Å². The highest BCUT2D eigenvalue weighted by atomic mass is 16.5. The Kier molecular flexibility index (Phi) is 4.10. The predicted molar refractivity (Wildman–Crippen MR) is 66.0 cm³/mol. The summed E-state index contributed by atoms with van der Waals surface area (Å²) in [6.45, 7) is -0.206. The highest BCUT2D eigenvalue weighted by Gasteiger charge is 2.13. The van der Waals surface area contributed by atoms with Gasteiger partial charge in [0.05, 0.1) is 5.56 Å². The van der Waals surface area contributed by atoms with E-state index in [-0.39, 0.29) is 12.4 Å². The van der Waals surface area contributed by atoms with E-state index in [9.17, 15) is 14.7 Å². The summed E-state index contributed by atoms with van der Waals surface area (Å²) in [7, 11) is 0. The van der Waals surface area contributed by atoms with E-state index >= 15 is 0 Å². The molecule has 1 atom stereocenters. The summed E-state index contributed by atoms with van der Waals surface area (Å²) in [5.74, 6) is -0.759. The molecule has 98 valence electrons. The second-order valence-corrected chi connectivity index (χ2v) is 3.86. The number of benzene rings is 1. The van der Waals surface area contributed by atoms with Gasteiger partial charge in [-0.3, -0.25) is 0 Å². The molecular weight excluding hydrogens is 248 g/mol. The third kappa shape index (κ3) is 3.79. The number of allylic oxidation sites excluding steroid dienone is 1. The van der Waals surface area contributed by atoms with Crippen molar-refractivity contribution in [2.75, 3.05) is 6.61 Å². The number of aliphatic hydroxyl groups is 1. The van der Waals surface area contributed by atoms with Gasteiger partial charge in [0.15, 0.2) is 0 Å². The van der Waals surface area contributed by atoms with Crippen molar-refractivity contribution in [3.63, 3.8) is 0 Å². The van der Waals surface area contributed by atoms with Crippen LogP contribution in [-0.2, 0) is 14.3 Å². The van der Waals surface area contributed by atoms with Crippen molar-refractivity contribution in [2.24, 2.45) is 0 Å². The molecule has 0 spiro atoms. The van der Waals surface area contributed by atoms with Crippen LogP contribution in [0, 0.1) is 0 Å². The van der Waals surface area contributed by atoms with Crippen molar-refractivity contribution in [1.82, 2.24) is 0 Å². The van der Waals surface area contributed by atoms with Gasteiger partial charge >= 0.3 is 11.9 Å². The number of carbonyl (C=O) groups excluding carboxylic acids is 2. The van der Waals surface area contributed by atoms with Gasteiger partial charge in [0.1, 0.15) is 18.5 Å². The molecule has 1 aromatic rings. The molecule has 0 bridgehead atoms. The average molecular weight is 260 g/mol. The van der Waals surface area contributed by atoms with Crippen molar-refractivity contribution in [3.8, 4) is 0 Å². The Morgan fingerprint density at radius 1 is 1.32 bits per heavy atom. The lowest BCUT2D eigenvalue weighted by Gasteiger charge is -2.08. The Hall–Kier alpha value is -2.40. The number of hydrogen-bond donors (Lipinski definition) is 1. The van der Waals surface area contributed by atoms with Crippen LogP contribution in [0.25, 0.3) is 0 Å². The van der Waals surface area contributed by atoms with Gasteiger partial charge in [0.25, 0.3) is 0 Å². The highest BCUT2D eigenvalue weighted by molar-refractivity contribution is 5.89.